The highest BCUT2D eigenvalue weighted by molar-refractivity contribution is 5.77. The fourth-order valence-corrected chi connectivity index (χ4v) is 2.50. The number of hydrogen-bond donors (Lipinski definition) is 1. The third-order valence-corrected chi connectivity index (χ3v) is 3.68. The first-order chi connectivity index (χ1) is 11.0. The Hall–Kier alpha value is -2.99. The molecule has 3 aromatic rings. The monoisotopic (exact) mass is 311 g/mol. The fraction of sp³-hybridized carbons (Fsp3) is 0.118. The lowest BCUT2D eigenvalue weighted by atomic mass is 10.00. The largest absolute Gasteiger partial charge is 0.464 e. The van der Waals surface area contributed by atoms with E-state index in [2.05, 4.69) is 0 Å². The number of aliphatic hydroxyl groups excluding tert-OH is 1. The molecule has 1 atom stereocenters. The first-order valence-electron chi connectivity index (χ1n) is 6.92. The van der Waals surface area contributed by atoms with Crippen LogP contribution in [0.5, 0.6) is 0 Å². The van der Waals surface area contributed by atoms with Gasteiger partial charge in [0, 0.05) is 6.07 Å². The Morgan fingerprint density at radius 2 is 1.91 bits per heavy atom. The summed E-state index contributed by atoms with van der Waals surface area (Å²) in [6.45, 7) is 1.84. The van der Waals surface area contributed by atoms with Crippen LogP contribution in [-0.4, -0.2) is 10.0 Å². The summed E-state index contributed by atoms with van der Waals surface area (Å²) in [5, 5.41) is 21.9. The molecule has 6 heteroatoms. The minimum Gasteiger partial charge on any atom is -0.464 e. The van der Waals surface area contributed by atoms with Crippen LogP contribution in [0.1, 0.15) is 22.8 Å². The Morgan fingerprint density at radius 3 is 2.65 bits per heavy atom. The van der Waals surface area contributed by atoms with Gasteiger partial charge in [0.05, 0.1) is 21.4 Å². The lowest BCUT2D eigenvalue weighted by molar-refractivity contribution is -0.386. The third-order valence-electron chi connectivity index (χ3n) is 3.68. The van der Waals surface area contributed by atoms with Crippen molar-refractivity contribution >= 4 is 16.7 Å². The zero-order chi connectivity index (χ0) is 16.6. The summed E-state index contributed by atoms with van der Waals surface area (Å²) in [7, 11) is 0. The van der Waals surface area contributed by atoms with E-state index in [1.165, 1.54) is 18.2 Å². The lowest BCUT2D eigenvalue weighted by Gasteiger charge is -2.11. The Balaban J connectivity index is 2.19. The number of nitro groups is 1. The summed E-state index contributed by atoms with van der Waals surface area (Å²) >= 11 is 0. The molecule has 6 nitrogen and oxygen atoms in total. The van der Waals surface area contributed by atoms with Gasteiger partial charge in [-0.15, -0.1) is 0 Å². The van der Waals surface area contributed by atoms with Gasteiger partial charge < -0.3 is 9.52 Å². The van der Waals surface area contributed by atoms with E-state index in [9.17, 15) is 20.0 Å². The molecule has 116 valence electrons. The standard InChI is InChI=1S/C17H13NO5/c1-10-6-7-15-12(8-10)17(20)13(9-23-15)16(19)11-4-2-3-5-14(11)18(21)22/h2-9,16,19H,1H3. The van der Waals surface area contributed by atoms with E-state index < -0.39 is 16.5 Å². The van der Waals surface area contributed by atoms with Crippen molar-refractivity contribution in [3.8, 4) is 0 Å². The van der Waals surface area contributed by atoms with Crippen molar-refractivity contribution < 1.29 is 14.4 Å². The van der Waals surface area contributed by atoms with E-state index in [4.69, 9.17) is 4.42 Å². The molecule has 1 heterocycles. The lowest BCUT2D eigenvalue weighted by Crippen LogP contribution is -2.15. The molecule has 1 N–H and O–H groups in total. The molecule has 0 saturated carbocycles. The maximum Gasteiger partial charge on any atom is 0.275 e. The molecule has 0 amide bonds. The van der Waals surface area contributed by atoms with Crippen LogP contribution >= 0.6 is 0 Å². The zero-order valence-electron chi connectivity index (χ0n) is 12.2. The minimum atomic E-state index is -1.43. The van der Waals surface area contributed by atoms with E-state index in [1.807, 2.05) is 13.0 Å². The molecule has 0 aliphatic carbocycles. The predicted octanol–water partition coefficient (Wildman–Crippen LogP) is 3.09. The smallest absolute Gasteiger partial charge is 0.275 e. The van der Waals surface area contributed by atoms with Gasteiger partial charge in [0.25, 0.3) is 5.69 Å². The summed E-state index contributed by atoms with van der Waals surface area (Å²) in [6, 6.07) is 10.9. The second-order valence-electron chi connectivity index (χ2n) is 5.24. The number of aryl methyl sites for hydroxylation is 1. The summed E-state index contributed by atoms with van der Waals surface area (Å²) in [5.41, 5.74) is 0.653. The summed E-state index contributed by atoms with van der Waals surface area (Å²) in [4.78, 5) is 23.1. The second kappa shape index (κ2) is 5.66. The minimum absolute atomic E-state index is 0.0302. The third kappa shape index (κ3) is 2.60. The summed E-state index contributed by atoms with van der Waals surface area (Å²) < 4.78 is 5.39. The quantitative estimate of drug-likeness (QED) is 0.592. The van der Waals surface area contributed by atoms with Crippen LogP contribution in [0, 0.1) is 17.0 Å². The van der Waals surface area contributed by atoms with Crippen molar-refractivity contribution in [3.05, 3.63) is 85.8 Å². The van der Waals surface area contributed by atoms with Crippen molar-refractivity contribution in [3.63, 3.8) is 0 Å². The van der Waals surface area contributed by atoms with Crippen molar-refractivity contribution in [2.45, 2.75) is 13.0 Å². The van der Waals surface area contributed by atoms with Gasteiger partial charge in [0.2, 0.25) is 0 Å². The van der Waals surface area contributed by atoms with Gasteiger partial charge in [-0.2, -0.15) is 0 Å². The SMILES string of the molecule is Cc1ccc2occ(C(O)c3ccccc3[N+](=O)[O-])c(=O)c2c1. The Labute approximate surface area is 130 Å². The summed E-state index contributed by atoms with van der Waals surface area (Å²) in [5.74, 6) is 0. The van der Waals surface area contributed by atoms with Gasteiger partial charge in [0.15, 0.2) is 5.43 Å². The molecule has 0 fully saturated rings. The molecule has 0 saturated heterocycles. The highest BCUT2D eigenvalue weighted by Crippen LogP contribution is 2.29. The molecule has 23 heavy (non-hydrogen) atoms. The number of fused-ring (bicyclic) bond motifs is 1. The van der Waals surface area contributed by atoms with Crippen molar-refractivity contribution in [2.24, 2.45) is 0 Å². The molecule has 0 aliphatic rings. The van der Waals surface area contributed by atoms with Crippen molar-refractivity contribution in [1.29, 1.82) is 0 Å². The number of aliphatic hydroxyl groups is 1. The van der Waals surface area contributed by atoms with Gasteiger partial charge in [-0.25, -0.2) is 0 Å². The van der Waals surface area contributed by atoms with E-state index >= 15 is 0 Å². The van der Waals surface area contributed by atoms with Gasteiger partial charge in [0.1, 0.15) is 18.0 Å². The maximum atomic E-state index is 12.6. The van der Waals surface area contributed by atoms with E-state index in [0.717, 1.165) is 11.8 Å². The molecule has 1 unspecified atom stereocenters. The Morgan fingerprint density at radius 1 is 1.17 bits per heavy atom. The number of nitro benzene ring substituents is 1. The highest BCUT2D eigenvalue weighted by Gasteiger charge is 2.24. The average molecular weight is 311 g/mol. The predicted molar refractivity (Wildman–Crippen MR) is 84.4 cm³/mol. The second-order valence-corrected chi connectivity index (χ2v) is 5.24. The molecule has 0 bridgehead atoms. The average Bonchev–Trinajstić information content (AvgIpc) is 2.55. The zero-order valence-corrected chi connectivity index (χ0v) is 12.2. The number of rotatable bonds is 3. The number of hydrogen-bond acceptors (Lipinski definition) is 5. The normalized spacial score (nSPS) is 12.3. The molecular weight excluding hydrogens is 298 g/mol. The Kier molecular flexibility index (Phi) is 3.67. The number of nitrogens with zero attached hydrogens (tertiary/aromatic N) is 1. The van der Waals surface area contributed by atoms with Gasteiger partial charge >= 0.3 is 0 Å². The molecule has 2 aromatic carbocycles. The van der Waals surface area contributed by atoms with Crippen LogP contribution in [0.25, 0.3) is 11.0 Å². The Bertz CT molecular complexity index is 961. The topological polar surface area (TPSA) is 93.6 Å². The van der Waals surface area contributed by atoms with Crippen molar-refractivity contribution in [1.82, 2.24) is 0 Å². The van der Waals surface area contributed by atoms with Gasteiger partial charge in [-0.3, -0.25) is 14.9 Å². The molecular formula is C17H13NO5. The van der Waals surface area contributed by atoms with Crippen LogP contribution < -0.4 is 5.43 Å². The van der Waals surface area contributed by atoms with E-state index in [1.54, 1.807) is 18.2 Å². The number of benzene rings is 2. The molecule has 3 rings (SSSR count). The molecule has 0 spiro atoms. The van der Waals surface area contributed by atoms with E-state index in [0.29, 0.717) is 11.0 Å². The molecule has 0 aliphatic heterocycles. The molecule has 1 aromatic heterocycles. The van der Waals surface area contributed by atoms with Crippen LogP contribution in [0.4, 0.5) is 5.69 Å². The highest BCUT2D eigenvalue weighted by atomic mass is 16.6. The summed E-state index contributed by atoms with van der Waals surface area (Å²) in [6.07, 6.45) is -0.278. The first kappa shape index (κ1) is 14.9. The van der Waals surface area contributed by atoms with Gasteiger partial charge in [-0.1, -0.05) is 23.8 Å². The van der Waals surface area contributed by atoms with Gasteiger partial charge in [-0.05, 0) is 25.1 Å². The maximum absolute atomic E-state index is 12.6. The van der Waals surface area contributed by atoms with E-state index in [-0.39, 0.29) is 16.8 Å². The fourth-order valence-electron chi connectivity index (χ4n) is 2.50. The number of para-hydroxylation sites is 1. The van der Waals surface area contributed by atoms with Crippen molar-refractivity contribution in [2.75, 3.05) is 0 Å². The first-order valence-corrected chi connectivity index (χ1v) is 6.92. The van der Waals surface area contributed by atoms with Crippen LogP contribution in [0.2, 0.25) is 0 Å². The van der Waals surface area contributed by atoms with Crippen LogP contribution in [0.15, 0.2) is 57.9 Å². The molecule has 0 radical (unpaired) electrons. The van der Waals surface area contributed by atoms with Crippen LogP contribution in [0.3, 0.4) is 0 Å². The van der Waals surface area contributed by atoms with Crippen LogP contribution in [-0.2, 0) is 0 Å².